The summed E-state index contributed by atoms with van der Waals surface area (Å²) in [5.41, 5.74) is 0. The highest BCUT2D eigenvalue weighted by molar-refractivity contribution is 5.27. The van der Waals surface area contributed by atoms with Gasteiger partial charge in [-0.15, -0.1) is 0 Å². The van der Waals surface area contributed by atoms with Gasteiger partial charge in [-0.25, -0.2) is 4.98 Å². The highest BCUT2D eigenvalue weighted by Crippen LogP contribution is 2.21. The average molecular weight is 235 g/mol. The number of hydrogen-bond donors (Lipinski definition) is 1. The number of nitrogens with zero attached hydrogens (tertiary/aromatic N) is 2. The Kier molecular flexibility index (Phi) is 4.59. The summed E-state index contributed by atoms with van der Waals surface area (Å²) in [5, 5.41) is 3.10. The zero-order valence-corrected chi connectivity index (χ0v) is 10.5. The number of rotatable bonds is 4. The first kappa shape index (κ1) is 12.1. The maximum atomic E-state index is 5.93. The molecule has 0 aliphatic heterocycles. The van der Waals surface area contributed by atoms with Crippen LogP contribution in [0.25, 0.3) is 0 Å². The van der Waals surface area contributed by atoms with Crippen LogP contribution in [0.15, 0.2) is 12.3 Å². The summed E-state index contributed by atoms with van der Waals surface area (Å²) in [6, 6.07) is 1.84. The third kappa shape index (κ3) is 3.88. The molecule has 0 atom stereocenters. The van der Waals surface area contributed by atoms with E-state index in [2.05, 4.69) is 15.3 Å². The third-order valence-corrected chi connectivity index (χ3v) is 3.05. The molecule has 1 aliphatic carbocycles. The second-order valence-electron chi connectivity index (χ2n) is 4.48. The van der Waals surface area contributed by atoms with Crippen LogP contribution in [-0.2, 0) is 0 Å². The number of ether oxygens (including phenoxy) is 1. The maximum Gasteiger partial charge on any atom is 0.225 e. The molecule has 2 rings (SSSR count). The molecule has 4 heteroatoms. The lowest BCUT2D eigenvalue weighted by Crippen LogP contribution is -2.16. The van der Waals surface area contributed by atoms with Gasteiger partial charge in [-0.05, 0) is 32.6 Å². The summed E-state index contributed by atoms with van der Waals surface area (Å²) in [6.07, 6.45) is 9.62. The van der Waals surface area contributed by atoms with Crippen molar-refractivity contribution in [3.63, 3.8) is 0 Å². The quantitative estimate of drug-likeness (QED) is 0.815. The lowest BCUT2D eigenvalue weighted by atomic mass is 10.1. The van der Waals surface area contributed by atoms with E-state index in [1.54, 1.807) is 6.20 Å². The van der Waals surface area contributed by atoms with E-state index in [1.807, 2.05) is 13.0 Å². The molecule has 1 aromatic heterocycles. The van der Waals surface area contributed by atoms with Crippen molar-refractivity contribution in [1.82, 2.24) is 9.97 Å². The Morgan fingerprint density at radius 1 is 1.29 bits per heavy atom. The fourth-order valence-corrected chi connectivity index (χ4v) is 2.18. The minimum Gasteiger partial charge on any atom is -0.474 e. The van der Waals surface area contributed by atoms with Crippen LogP contribution in [0.2, 0.25) is 0 Å². The van der Waals surface area contributed by atoms with E-state index >= 15 is 0 Å². The molecule has 0 aromatic carbocycles. The van der Waals surface area contributed by atoms with Gasteiger partial charge in [0, 0.05) is 18.8 Å². The SMILES string of the molecule is CCNc1nccc(OC2CCCCCC2)n1. The van der Waals surface area contributed by atoms with Crippen molar-refractivity contribution in [1.29, 1.82) is 0 Å². The molecule has 0 spiro atoms. The second kappa shape index (κ2) is 6.42. The standard InChI is InChI=1S/C13H21N3O/c1-2-14-13-15-10-9-12(16-13)17-11-7-5-3-4-6-8-11/h9-11H,2-8H2,1H3,(H,14,15,16). The van der Waals surface area contributed by atoms with Crippen molar-refractivity contribution in [3.05, 3.63) is 12.3 Å². The van der Waals surface area contributed by atoms with E-state index in [9.17, 15) is 0 Å². The predicted octanol–water partition coefficient (Wildman–Crippen LogP) is 3.01. The molecule has 1 aromatic rings. The summed E-state index contributed by atoms with van der Waals surface area (Å²) in [7, 11) is 0. The molecule has 0 bridgehead atoms. The first-order valence-corrected chi connectivity index (χ1v) is 6.62. The molecule has 0 unspecified atom stereocenters. The zero-order chi connectivity index (χ0) is 11.9. The van der Waals surface area contributed by atoms with Crippen molar-refractivity contribution in [2.75, 3.05) is 11.9 Å². The van der Waals surface area contributed by atoms with Crippen molar-refractivity contribution in [2.24, 2.45) is 0 Å². The van der Waals surface area contributed by atoms with E-state index in [0.717, 1.165) is 19.4 Å². The molecular formula is C13H21N3O. The normalized spacial score (nSPS) is 17.5. The number of hydrogen-bond acceptors (Lipinski definition) is 4. The van der Waals surface area contributed by atoms with Crippen LogP contribution in [-0.4, -0.2) is 22.6 Å². The van der Waals surface area contributed by atoms with Crippen LogP contribution in [0, 0.1) is 0 Å². The van der Waals surface area contributed by atoms with Gasteiger partial charge in [-0.1, -0.05) is 12.8 Å². The molecule has 1 heterocycles. The summed E-state index contributed by atoms with van der Waals surface area (Å²) >= 11 is 0. The van der Waals surface area contributed by atoms with E-state index in [0.29, 0.717) is 17.9 Å². The second-order valence-corrected chi connectivity index (χ2v) is 4.48. The lowest BCUT2D eigenvalue weighted by Gasteiger charge is -2.16. The zero-order valence-electron chi connectivity index (χ0n) is 10.5. The van der Waals surface area contributed by atoms with E-state index in [-0.39, 0.29) is 0 Å². The molecule has 1 N–H and O–H groups in total. The van der Waals surface area contributed by atoms with Gasteiger partial charge in [0.05, 0.1) is 0 Å². The first-order valence-electron chi connectivity index (χ1n) is 6.62. The highest BCUT2D eigenvalue weighted by atomic mass is 16.5. The molecule has 4 nitrogen and oxygen atoms in total. The Balaban J connectivity index is 1.94. The van der Waals surface area contributed by atoms with Crippen molar-refractivity contribution in [2.45, 2.75) is 51.6 Å². The number of anilines is 1. The minimum absolute atomic E-state index is 0.335. The van der Waals surface area contributed by atoms with Gasteiger partial charge in [0.15, 0.2) is 0 Å². The van der Waals surface area contributed by atoms with Gasteiger partial charge >= 0.3 is 0 Å². The van der Waals surface area contributed by atoms with Crippen molar-refractivity contribution in [3.8, 4) is 5.88 Å². The van der Waals surface area contributed by atoms with Gasteiger partial charge in [-0.3, -0.25) is 0 Å². The first-order chi connectivity index (χ1) is 8.38. The molecule has 94 valence electrons. The minimum atomic E-state index is 0.335. The smallest absolute Gasteiger partial charge is 0.225 e. The molecule has 1 aliphatic rings. The number of aromatic nitrogens is 2. The summed E-state index contributed by atoms with van der Waals surface area (Å²) in [5.74, 6) is 1.35. The predicted molar refractivity (Wildman–Crippen MR) is 68.3 cm³/mol. The fourth-order valence-electron chi connectivity index (χ4n) is 2.18. The average Bonchev–Trinajstić information content (AvgIpc) is 2.59. The lowest BCUT2D eigenvalue weighted by molar-refractivity contribution is 0.176. The summed E-state index contributed by atoms with van der Waals surface area (Å²) in [6.45, 7) is 2.86. The Labute approximate surface area is 103 Å². The molecule has 1 saturated carbocycles. The van der Waals surface area contributed by atoms with Gasteiger partial charge in [0.2, 0.25) is 11.8 Å². The van der Waals surface area contributed by atoms with E-state index in [1.165, 1.54) is 25.7 Å². The monoisotopic (exact) mass is 235 g/mol. The molecule has 1 fully saturated rings. The van der Waals surface area contributed by atoms with E-state index < -0.39 is 0 Å². The van der Waals surface area contributed by atoms with Crippen LogP contribution >= 0.6 is 0 Å². The fraction of sp³-hybridized carbons (Fsp3) is 0.692. The van der Waals surface area contributed by atoms with Crippen LogP contribution in [0.1, 0.15) is 45.4 Å². The largest absolute Gasteiger partial charge is 0.474 e. The maximum absolute atomic E-state index is 5.93. The Morgan fingerprint density at radius 2 is 2.06 bits per heavy atom. The Bertz CT molecular complexity index is 335. The Hall–Kier alpha value is -1.32. The van der Waals surface area contributed by atoms with E-state index in [4.69, 9.17) is 4.74 Å². The van der Waals surface area contributed by atoms with Crippen LogP contribution in [0.5, 0.6) is 5.88 Å². The van der Waals surface area contributed by atoms with Gasteiger partial charge in [0.25, 0.3) is 0 Å². The van der Waals surface area contributed by atoms with Gasteiger partial charge < -0.3 is 10.1 Å². The molecule has 0 radical (unpaired) electrons. The summed E-state index contributed by atoms with van der Waals surface area (Å²) < 4.78 is 5.93. The van der Waals surface area contributed by atoms with Gasteiger partial charge in [0.1, 0.15) is 6.10 Å². The van der Waals surface area contributed by atoms with Crippen LogP contribution in [0.3, 0.4) is 0 Å². The van der Waals surface area contributed by atoms with Crippen molar-refractivity contribution < 1.29 is 4.74 Å². The molecule has 17 heavy (non-hydrogen) atoms. The summed E-state index contributed by atoms with van der Waals surface area (Å²) in [4.78, 5) is 8.48. The Morgan fingerprint density at radius 3 is 2.76 bits per heavy atom. The molecule has 0 saturated heterocycles. The molecular weight excluding hydrogens is 214 g/mol. The van der Waals surface area contributed by atoms with Crippen LogP contribution < -0.4 is 10.1 Å². The van der Waals surface area contributed by atoms with Crippen LogP contribution in [0.4, 0.5) is 5.95 Å². The highest BCUT2D eigenvalue weighted by Gasteiger charge is 2.14. The van der Waals surface area contributed by atoms with Crippen molar-refractivity contribution >= 4 is 5.95 Å². The van der Waals surface area contributed by atoms with Gasteiger partial charge in [-0.2, -0.15) is 4.98 Å². The topological polar surface area (TPSA) is 47.0 Å². The number of nitrogens with one attached hydrogen (secondary N) is 1. The third-order valence-electron chi connectivity index (χ3n) is 3.05. The molecule has 0 amide bonds.